The fourth-order valence-electron chi connectivity index (χ4n) is 6.39. The van der Waals surface area contributed by atoms with Gasteiger partial charge in [-0.3, -0.25) is 14.4 Å². The van der Waals surface area contributed by atoms with Crippen LogP contribution in [0.4, 0.5) is 0 Å². The summed E-state index contributed by atoms with van der Waals surface area (Å²) in [6, 6.07) is -0.873. The Morgan fingerprint density at radius 1 is 1.31 bits per heavy atom. The minimum atomic E-state index is -1.07. The van der Waals surface area contributed by atoms with Crippen LogP contribution in [0.3, 0.4) is 0 Å². The van der Waals surface area contributed by atoms with E-state index in [2.05, 4.69) is 20.1 Å². The molecule has 0 aromatic heterocycles. The Labute approximate surface area is 209 Å². The van der Waals surface area contributed by atoms with Crippen LogP contribution in [-0.2, 0) is 23.9 Å². The summed E-state index contributed by atoms with van der Waals surface area (Å²) in [5.74, 6) is -2.40. The van der Waals surface area contributed by atoms with Gasteiger partial charge in [-0.25, -0.2) is 0 Å². The first-order chi connectivity index (χ1) is 16.7. The molecular formula is C27H42N2O6. The number of carbonyl (C=O) groups is 3. The molecule has 6 atom stereocenters. The van der Waals surface area contributed by atoms with E-state index in [0.717, 1.165) is 19.3 Å². The monoisotopic (exact) mass is 490 g/mol. The average molecular weight is 491 g/mol. The first-order valence-electron chi connectivity index (χ1n) is 13.0. The van der Waals surface area contributed by atoms with E-state index in [1.54, 1.807) is 22.0 Å². The second-order valence-electron chi connectivity index (χ2n) is 10.4. The topological polar surface area (TPSA) is 96.4 Å². The zero-order chi connectivity index (χ0) is 25.8. The van der Waals surface area contributed by atoms with E-state index in [1.165, 1.54) is 0 Å². The number of amides is 2. The molecule has 8 nitrogen and oxygen atoms in total. The zero-order valence-corrected chi connectivity index (χ0v) is 21.5. The van der Waals surface area contributed by atoms with E-state index in [1.807, 2.05) is 13.8 Å². The highest BCUT2D eigenvalue weighted by Crippen LogP contribution is 2.63. The van der Waals surface area contributed by atoms with Crippen LogP contribution >= 0.6 is 0 Å². The third-order valence-electron chi connectivity index (χ3n) is 7.97. The molecule has 0 aromatic carbocycles. The normalized spacial score (nSPS) is 31.8. The first kappa shape index (κ1) is 27.4. The number of nitrogens with zero attached hydrogens (tertiary/aromatic N) is 2. The smallest absolute Gasteiger partial charge is 0.312 e. The molecule has 3 saturated heterocycles. The van der Waals surface area contributed by atoms with Gasteiger partial charge in [0, 0.05) is 25.7 Å². The van der Waals surface area contributed by atoms with Crippen molar-refractivity contribution in [2.45, 2.75) is 89.0 Å². The standard InChI is InChI=1S/C27H42N2O6/c1-6-9-10-18-34-25(33)21-20-23(31)29(16-11-17-30)22(27(20)14-13-26(21,5)35-27)24(32)28(15-8-3)19(4)12-7-2/h6,8,19-22,30H,1,3,7,9-18H2,2,4-5H3/t19?,20-,21+,22?,26-,27?/m0/s1. The highest BCUT2D eigenvalue weighted by atomic mass is 16.6. The van der Waals surface area contributed by atoms with Gasteiger partial charge in [-0.1, -0.05) is 25.5 Å². The molecule has 3 fully saturated rings. The number of aliphatic hydroxyl groups is 1. The number of hydrogen-bond acceptors (Lipinski definition) is 6. The van der Waals surface area contributed by atoms with Crippen molar-refractivity contribution in [3.05, 3.63) is 25.3 Å². The third-order valence-corrected chi connectivity index (χ3v) is 7.97. The Morgan fingerprint density at radius 3 is 2.69 bits per heavy atom. The average Bonchev–Trinajstić information content (AvgIpc) is 3.39. The lowest BCUT2D eigenvalue weighted by Gasteiger charge is -2.39. The van der Waals surface area contributed by atoms with Gasteiger partial charge in [0.15, 0.2) is 0 Å². The van der Waals surface area contributed by atoms with Crippen LogP contribution in [0.2, 0.25) is 0 Å². The molecule has 1 spiro atoms. The molecule has 0 aliphatic carbocycles. The van der Waals surface area contributed by atoms with E-state index in [9.17, 15) is 19.5 Å². The summed E-state index contributed by atoms with van der Waals surface area (Å²) in [5.41, 5.74) is -1.93. The van der Waals surface area contributed by atoms with Crippen molar-refractivity contribution in [2.24, 2.45) is 11.8 Å². The number of esters is 1. The van der Waals surface area contributed by atoms with Gasteiger partial charge >= 0.3 is 5.97 Å². The summed E-state index contributed by atoms with van der Waals surface area (Å²) in [6.45, 7) is 14.2. The van der Waals surface area contributed by atoms with Gasteiger partial charge in [-0.15, -0.1) is 13.2 Å². The molecule has 196 valence electrons. The fourth-order valence-corrected chi connectivity index (χ4v) is 6.39. The van der Waals surface area contributed by atoms with E-state index >= 15 is 0 Å². The molecule has 0 radical (unpaired) electrons. The van der Waals surface area contributed by atoms with Gasteiger partial charge in [0.05, 0.1) is 18.1 Å². The van der Waals surface area contributed by atoms with Gasteiger partial charge in [-0.05, 0) is 52.4 Å². The number of likely N-dealkylation sites (tertiary alicyclic amines) is 1. The van der Waals surface area contributed by atoms with Crippen LogP contribution in [0.25, 0.3) is 0 Å². The van der Waals surface area contributed by atoms with Crippen LogP contribution in [0.5, 0.6) is 0 Å². The van der Waals surface area contributed by atoms with Crippen molar-refractivity contribution in [1.82, 2.24) is 9.80 Å². The maximum Gasteiger partial charge on any atom is 0.312 e. The minimum Gasteiger partial charge on any atom is -0.465 e. The molecule has 3 heterocycles. The van der Waals surface area contributed by atoms with Gasteiger partial charge in [0.25, 0.3) is 0 Å². The third kappa shape index (κ3) is 4.79. The summed E-state index contributed by atoms with van der Waals surface area (Å²) >= 11 is 0. The molecule has 35 heavy (non-hydrogen) atoms. The summed E-state index contributed by atoms with van der Waals surface area (Å²) in [5, 5.41) is 9.49. The van der Waals surface area contributed by atoms with Crippen LogP contribution < -0.4 is 0 Å². The number of rotatable bonds is 14. The van der Waals surface area contributed by atoms with Gasteiger partial charge < -0.3 is 24.4 Å². The number of allylic oxidation sites excluding steroid dienone is 1. The molecule has 3 aliphatic heterocycles. The van der Waals surface area contributed by atoms with E-state index in [0.29, 0.717) is 32.2 Å². The van der Waals surface area contributed by atoms with Crippen LogP contribution in [-0.4, -0.2) is 82.3 Å². The zero-order valence-electron chi connectivity index (χ0n) is 21.5. The molecule has 2 amide bonds. The molecule has 3 aliphatic rings. The minimum absolute atomic E-state index is 0.0319. The van der Waals surface area contributed by atoms with E-state index in [-0.39, 0.29) is 37.6 Å². The number of fused-ring (bicyclic) bond motifs is 1. The van der Waals surface area contributed by atoms with E-state index < -0.39 is 35.0 Å². The van der Waals surface area contributed by atoms with Gasteiger partial charge in [0.1, 0.15) is 17.6 Å². The second kappa shape index (κ2) is 11.2. The van der Waals surface area contributed by atoms with Crippen molar-refractivity contribution in [3.63, 3.8) is 0 Å². The maximum atomic E-state index is 14.1. The Kier molecular flexibility index (Phi) is 8.81. The maximum absolute atomic E-state index is 14.1. The predicted molar refractivity (Wildman–Crippen MR) is 132 cm³/mol. The number of hydrogen-bond donors (Lipinski definition) is 1. The Hall–Kier alpha value is -2.19. The molecule has 1 N–H and O–H groups in total. The lowest BCUT2D eigenvalue weighted by molar-refractivity contribution is -0.160. The lowest BCUT2D eigenvalue weighted by Crippen LogP contribution is -2.58. The molecule has 0 aromatic rings. The number of carbonyl (C=O) groups excluding carboxylic acids is 3. The van der Waals surface area contributed by atoms with Crippen molar-refractivity contribution in [1.29, 1.82) is 0 Å². The van der Waals surface area contributed by atoms with Crippen molar-refractivity contribution in [2.75, 3.05) is 26.3 Å². The van der Waals surface area contributed by atoms with E-state index in [4.69, 9.17) is 9.47 Å². The van der Waals surface area contributed by atoms with Gasteiger partial charge in [-0.2, -0.15) is 0 Å². The Morgan fingerprint density at radius 2 is 2.06 bits per heavy atom. The Bertz CT molecular complexity index is 830. The molecule has 2 bridgehead atoms. The second-order valence-corrected chi connectivity index (χ2v) is 10.4. The van der Waals surface area contributed by atoms with Crippen molar-refractivity contribution in [3.8, 4) is 0 Å². The molecule has 0 saturated carbocycles. The molecule has 8 heteroatoms. The van der Waals surface area contributed by atoms with Crippen LogP contribution in [0.1, 0.15) is 65.7 Å². The predicted octanol–water partition coefficient (Wildman–Crippen LogP) is 2.85. The summed E-state index contributed by atoms with van der Waals surface area (Å²) < 4.78 is 12.2. The van der Waals surface area contributed by atoms with Gasteiger partial charge in [0.2, 0.25) is 11.8 Å². The summed E-state index contributed by atoms with van der Waals surface area (Å²) in [4.78, 5) is 44.6. The largest absolute Gasteiger partial charge is 0.465 e. The number of ether oxygens (including phenoxy) is 2. The molecule has 3 rings (SSSR count). The van der Waals surface area contributed by atoms with Crippen molar-refractivity contribution < 1.29 is 29.0 Å². The number of aliphatic hydroxyl groups excluding tert-OH is 1. The Balaban J connectivity index is 1.98. The SMILES string of the molecule is C=CCCCOC(=O)[C@H]1[C@H]2C(=O)N(CCCO)C(C(=O)N(CC=C)C(C)CCC)C23CC[C@]1(C)O3. The van der Waals surface area contributed by atoms with Crippen molar-refractivity contribution >= 4 is 17.8 Å². The molecule has 3 unspecified atom stereocenters. The summed E-state index contributed by atoms with van der Waals surface area (Å²) in [6.07, 6.45) is 8.06. The van der Waals surface area contributed by atoms with Crippen LogP contribution in [0.15, 0.2) is 25.3 Å². The quantitative estimate of drug-likeness (QED) is 0.229. The molecular weight excluding hydrogens is 448 g/mol. The summed E-state index contributed by atoms with van der Waals surface area (Å²) in [7, 11) is 0. The number of unbranched alkanes of at least 4 members (excludes halogenated alkanes) is 1. The highest BCUT2D eigenvalue weighted by Gasteiger charge is 2.78. The lowest BCUT2D eigenvalue weighted by atomic mass is 9.66. The highest BCUT2D eigenvalue weighted by molar-refractivity contribution is 5.98. The first-order valence-corrected chi connectivity index (χ1v) is 13.0. The fraction of sp³-hybridized carbons (Fsp3) is 0.741. The van der Waals surface area contributed by atoms with Crippen LogP contribution in [0, 0.1) is 11.8 Å².